The molecule has 3 heterocycles. The summed E-state index contributed by atoms with van der Waals surface area (Å²) < 4.78 is 161. The molecule has 0 aliphatic carbocycles. The second-order valence-corrected chi connectivity index (χ2v) is 15.9. The first kappa shape index (κ1) is 44.2. The molecule has 0 fully saturated rings. The number of aromatic nitrogens is 4. The Morgan fingerprint density at radius 2 is 0.897 bits per heavy atom. The number of alkyl halides is 6. The molecule has 58 heavy (non-hydrogen) atoms. The quantitative estimate of drug-likeness (QED) is 0.121. The number of ether oxygens (including phenoxy) is 2. The SMILES string of the molecule is Cc1ccc(S(=O)(=O)[O-])cc1.Cc1ccc(S(=O)(=O)[O-])cc1.FC(F)(F)c1ccc2c(c1)n1c[n+]2CCOCC[n+]2cn(c3cc(C(F)(F)F)ccc32)CCOCC1. The van der Waals surface area contributed by atoms with Crippen LogP contribution in [0.25, 0.3) is 22.1 Å². The zero-order valence-corrected chi connectivity index (χ0v) is 32.7. The Bertz CT molecular complexity index is 2400. The molecule has 0 radical (unpaired) electrons. The van der Waals surface area contributed by atoms with Crippen LogP contribution in [0.15, 0.2) is 107 Å². The van der Waals surface area contributed by atoms with Gasteiger partial charge in [0.05, 0.1) is 47.3 Å². The van der Waals surface area contributed by atoms with Crippen molar-refractivity contribution in [2.45, 2.75) is 62.2 Å². The Labute approximate surface area is 330 Å². The van der Waals surface area contributed by atoms with E-state index in [1.165, 1.54) is 36.4 Å². The van der Waals surface area contributed by atoms with E-state index in [0.717, 1.165) is 35.4 Å². The van der Waals surface area contributed by atoms with Crippen molar-refractivity contribution in [1.29, 1.82) is 0 Å². The molecule has 4 aromatic carbocycles. The van der Waals surface area contributed by atoms with Gasteiger partial charge in [-0.15, -0.1) is 0 Å². The van der Waals surface area contributed by atoms with Crippen LogP contribution in [0.5, 0.6) is 0 Å². The zero-order valence-electron chi connectivity index (χ0n) is 31.0. The molecule has 0 amide bonds. The first-order valence-electron chi connectivity index (χ1n) is 17.5. The minimum absolute atomic E-state index is 0.178. The highest BCUT2D eigenvalue weighted by Crippen LogP contribution is 2.32. The molecule has 4 bridgehead atoms. The van der Waals surface area contributed by atoms with Crippen LogP contribution in [-0.4, -0.2) is 61.5 Å². The number of imidazole rings is 2. The molecule has 6 aromatic rings. The average molecular weight is 857 g/mol. The third-order valence-electron chi connectivity index (χ3n) is 8.93. The van der Waals surface area contributed by atoms with Crippen LogP contribution >= 0.6 is 0 Å². The molecule has 7 rings (SSSR count). The van der Waals surface area contributed by atoms with Gasteiger partial charge in [-0.3, -0.25) is 0 Å². The molecule has 0 saturated carbocycles. The van der Waals surface area contributed by atoms with E-state index < -0.39 is 43.7 Å². The molecular formula is C38H38F6N4O8S2. The van der Waals surface area contributed by atoms with Crippen molar-refractivity contribution in [3.05, 3.63) is 120 Å². The number of hydrogen-bond acceptors (Lipinski definition) is 8. The van der Waals surface area contributed by atoms with E-state index in [2.05, 4.69) is 0 Å². The molecule has 0 saturated heterocycles. The Morgan fingerprint density at radius 1 is 0.552 bits per heavy atom. The second-order valence-electron chi connectivity index (χ2n) is 13.2. The van der Waals surface area contributed by atoms with Gasteiger partial charge in [-0.2, -0.15) is 26.3 Å². The van der Waals surface area contributed by atoms with E-state index in [9.17, 15) is 52.3 Å². The van der Waals surface area contributed by atoms with Gasteiger partial charge in [-0.25, -0.2) is 35.1 Å². The third-order valence-corrected chi connectivity index (χ3v) is 10.6. The molecule has 1 aliphatic rings. The number of hydrogen-bond donors (Lipinski definition) is 0. The van der Waals surface area contributed by atoms with Crippen molar-refractivity contribution in [3.63, 3.8) is 0 Å². The molecule has 20 heteroatoms. The Balaban J connectivity index is 0.000000236. The van der Waals surface area contributed by atoms with E-state index in [4.69, 9.17) is 9.47 Å². The maximum Gasteiger partial charge on any atom is 0.416 e. The van der Waals surface area contributed by atoms with Crippen molar-refractivity contribution < 1.29 is 70.9 Å². The number of nitrogens with zero attached hydrogens (tertiary/aromatic N) is 4. The van der Waals surface area contributed by atoms with Crippen LogP contribution in [-0.2, 0) is 68.2 Å². The number of halogens is 6. The molecule has 312 valence electrons. The van der Waals surface area contributed by atoms with Gasteiger partial charge in [-0.05, 0) is 62.4 Å². The van der Waals surface area contributed by atoms with Gasteiger partial charge in [0, 0.05) is 12.1 Å². The fourth-order valence-electron chi connectivity index (χ4n) is 5.91. The van der Waals surface area contributed by atoms with Crippen molar-refractivity contribution in [2.24, 2.45) is 0 Å². The number of benzene rings is 4. The number of rotatable bonds is 2. The topological polar surface area (TPSA) is 150 Å². The predicted octanol–water partition coefficient (Wildman–Crippen LogP) is 5.75. The standard InChI is InChI=1S/C24H24F6N4O2.2C7H8O3S/c25-23(26,27)17-1-3-19-21(13-17)33-7-11-36-12-8-34-16-32(6-10-35-9-5-31(19)15-33)20-4-2-18(14-22(20)34)24(28,29)30;2*1-6-2-4-7(5-3-6)11(8,9)10/h1-4,13-16H,5-12H2;2*2-5H,1H3,(H,8,9,10)/q+2;;/p-2. The highest BCUT2D eigenvalue weighted by Gasteiger charge is 2.33. The lowest BCUT2D eigenvalue weighted by Crippen LogP contribution is -2.37. The molecule has 2 aromatic heterocycles. The molecule has 0 spiro atoms. The van der Waals surface area contributed by atoms with Crippen LogP contribution in [0.2, 0.25) is 0 Å². The lowest BCUT2D eigenvalue weighted by atomic mass is 10.2. The van der Waals surface area contributed by atoms with E-state index >= 15 is 0 Å². The summed E-state index contributed by atoms with van der Waals surface area (Å²) in [7, 11) is -8.54. The van der Waals surface area contributed by atoms with Gasteiger partial charge in [0.1, 0.15) is 46.4 Å². The minimum Gasteiger partial charge on any atom is -0.744 e. The third kappa shape index (κ3) is 11.6. The normalized spacial score (nSPS) is 14.7. The van der Waals surface area contributed by atoms with E-state index in [1.807, 2.05) is 23.0 Å². The minimum atomic E-state index is -4.45. The van der Waals surface area contributed by atoms with Crippen molar-refractivity contribution >= 4 is 42.3 Å². The van der Waals surface area contributed by atoms with Crippen LogP contribution in [0.3, 0.4) is 0 Å². The number of fused-ring (bicyclic) bond motifs is 10. The predicted molar refractivity (Wildman–Crippen MR) is 194 cm³/mol. The summed E-state index contributed by atoms with van der Waals surface area (Å²) in [5, 5.41) is 0. The van der Waals surface area contributed by atoms with Gasteiger partial charge in [-0.1, -0.05) is 35.4 Å². The van der Waals surface area contributed by atoms with E-state index in [0.29, 0.717) is 61.5 Å². The molecule has 0 N–H and O–H groups in total. The van der Waals surface area contributed by atoms with Crippen molar-refractivity contribution in [1.82, 2.24) is 9.13 Å². The first-order valence-corrected chi connectivity index (χ1v) is 20.3. The van der Waals surface area contributed by atoms with E-state index in [1.54, 1.807) is 46.1 Å². The fourth-order valence-corrected chi connectivity index (χ4v) is 6.85. The van der Waals surface area contributed by atoms with Crippen LogP contribution < -0.4 is 9.13 Å². The lowest BCUT2D eigenvalue weighted by Gasteiger charge is -2.07. The van der Waals surface area contributed by atoms with Gasteiger partial charge in [0.15, 0.2) is 22.1 Å². The molecule has 12 nitrogen and oxygen atoms in total. The highest BCUT2D eigenvalue weighted by atomic mass is 32.2. The summed E-state index contributed by atoms with van der Waals surface area (Å²) >= 11 is 0. The summed E-state index contributed by atoms with van der Waals surface area (Å²) in [5.74, 6) is 0. The van der Waals surface area contributed by atoms with E-state index in [-0.39, 0.29) is 23.0 Å². The maximum absolute atomic E-state index is 13.3. The number of aryl methyl sites for hydroxylation is 2. The van der Waals surface area contributed by atoms with Gasteiger partial charge in [0.25, 0.3) is 0 Å². The molecule has 0 unspecified atom stereocenters. The molecular weight excluding hydrogens is 819 g/mol. The Hall–Kier alpha value is -4.86. The fraction of sp³-hybridized carbons (Fsp3) is 0.316. The summed E-state index contributed by atoms with van der Waals surface area (Å²) in [6, 6.07) is 18.9. The van der Waals surface area contributed by atoms with Crippen LogP contribution in [0.4, 0.5) is 26.3 Å². The lowest BCUT2D eigenvalue weighted by molar-refractivity contribution is -0.681. The molecule has 1 aliphatic heterocycles. The summed E-state index contributed by atoms with van der Waals surface area (Å²) in [4.78, 5) is -0.355. The largest absolute Gasteiger partial charge is 0.744 e. The molecule has 0 atom stereocenters. The Kier molecular flexibility index (Phi) is 13.7. The zero-order chi connectivity index (χ0) is 42.5. The van der Waals surface area contributed by atoms with Gasteiger partial charge < -0.3 is 18.6 Å². The summed E-state index contributed by atoms with van der Waals surface area (Å²) in [6.45, 7) is 6.22. The smallest absolute Gasteiger partial charge is 0.416 e. The highest BCUT2D eigenvalue weighted by molar-refractivity contribution is 7.86. The van der Waals surface area contributed by atoms with Gasteiger partial charge in [0.2, 0.25) is 12.7 Å². The van der Waals surface area contributed by atoms with Crippen LogP contribution in [0, 0.1) is 13.8 Å². The Morgan fingerprint density at radius 3 is 1.22 bits per heavy atom. The summed E-state index contributed by atoms with van der Waals surface area (Å²) in [6.07, 6.45) is -5.40. The van der Waals surface area contributed by atoms with Gasteiger partial charge >= 0.3 is 12.4 Å². The average Bonchev–Trinajstić information content (AvgIpc) is 3.67. The summed E-state index contributed by atoms with van der Waals surface area (Å²) in [5.41, 5.74) is 2.60. The monoisotopic (exact) mass is 856 g/mol. The van der Waals surface area contributed by atoms with Crippen LogP contribution in [0.1, 0.15) is 22.3 Å². The van der Waals surface area contributed by atoms with Crippen molar-refractivity contribution in [3.8, 4) is 0 Å². The maximum atomic E-state index is 13.3. The first-order chi connectivity index (χ1) is 27.1. The van der Waals surface area contributed by atoms with Crippen molar-refractivity contribution in [2.75, 3.05) is 26.4 Å². The second kappa shape index (κ2) is 18.0.